The van der Waals surface area contributed by atoms with Gasteiger partial charge in [0.25, 0.3) is 0 Å². The lowest BCUT2D eigenvalue weighted by Crippen LogP contribution is -2.60. The number of carbonyl (C=O) groups is 3. The molecule has 164 valence electrons. The fourth-order valence-corrected chi connectivity index (χ4v) is 5.00. The number of aliphatic hydroxyl groups is 1. The Kier molecular flexibility index (Phi) is 6.97. The topological polar surface area (TPSA) is 102 Å². The van der Waals surface area contributed by atoms with Crippen LogP contribution in [0.3, 0.4) is 0 Å². The summed E-state index contributed by atoms with van der Waals surface area (Å²) >= 11 is 0. The summed E-state index contributed by atoms with van der Waals surface area (Å²) in [6.45, 7) is 2.90. The van der Waals surface area contributed by atoms with Gasteiger partial charge in [-0.25, -0.2) is 4.79 Å². The van der Waals surface area contributed by atoms with Crippen LogP contribution in [0.15, 0.2) is 30.3 Å². The molecule has 8 heteroatoms. The number of carbonyl (C=O) groups excluding carboxylic acids is 3. The first-order valence-corrected chi connectivity index (χ1v) is 10.7. The minimum absolute atomic E-state index is 0.135. The number of benzene rings is 1. The Labute approximate surface area is 177 Å². The highest BCUT2D eigenvalue weighted by atomic mass is 16.3. The second-order valence-electron chi connectivity index (χ2n) is 7.99. The quantitative estimate of drug-likeness (QED) is 0.673. The Hall–Kier alpha value is -2.61. The lowest BCUT2D eigenvalue weighted by Gasteiger charge is -2.41. The van der Waals surface area contributed by atoms with E-state index in [1.165, 1.54) is 0 Å². The van der Waals surface area contributed by atoms with Gasteiger partial charge in [0.15, 0.2) is 0 Å². The summed E-state index contributed by atoms with van der Waals surface area (Å²) in [6.07, 6.45) is 2.34. The maximum Gasteiger partial charge on any atom is 0.318 e. The van der Waals surface area contributed by atoms with Crippen molar-refractivity contribution in [1.29, 1.82) is 0 Å². The zero-order valence-electron chi connectivity index (χ0n) is 17.8. The van der Waals surface area contributed by atoms with Gasteiger partial charge in [0.05, 0.1) is 18.6 Å². The average molecular weight is 417 g/mol. The monoisotopic (exact) mass is 416 g/mol. The molecule has 3 rings (SSSR count). The number of hydrogen-bond donors (Lipinski definition) is 3. The Bertz CT molecular complexity index is 772. The molecule has 1 spiro atoms. The second kappa shape index (κ2) is 9.47. The van der Waals surface area contributed by atoms with Gasteiger partial charge in [-0.05, 0) is 38.2 Å². The Balaban J connectivity index is 2.16. The fraction of sp³-hybridized carbons (Fsp3) is 0.591. The molecular weight excluding hydrogens is 384 g/mol. The van der Waals surface area contributed by atoms with Crippen molar-refractivity contribution >= 4 is 17.8 Å². The van der Waals surface area contributed by atoms with Crippen molar-refractivity contribution in [3.63, 3.8) is 0 Å². The number of rotatable bonds is 5. The van der Waals surface area contributed by atoms with Crippen LogP contribution < -0.4 is 10.6 Å². The van der Waals surface area contributed by atoms with Gasteiger partial charge in [-0.1, -0.05) is 30.3 Å². The van der Waals surface area contributed by atoms with E-state index in [1.807, 2.05) is 37.3 Å². The minimum Gasteiger partial charge on any atom is -0.395 e. The van der Waals surface area contributed by atoms with Gasteiger partial charge in [0.1, 0.15) is 5.54 Å². The molecule has 3 N–H and O–H groups in total. The number of aliphatic hydroxyl groups excluding tert-OH is 1. The molecule has 0 aromatic heterocycles. The van der Waals surface area contributed by atoms with Crippen LogP contribution in [0.5, 0.6) is 0 Å². The number of hydrogen-bond acceptors (Lipinski definition) is 4. The van der Waals surface area contributed by atoms with Gasteiger partial charge in [0, 0.05) is 26.7 Å². The minimum atomic E-state index is -1.11. The van der Waals surface area contributed by atoms with E-state index in [4.69, 9.17) is 0 Å². The van der Waals surface area contributed by atoms with Gasteiger partial charge in [-0.3, -0.25) is 9.59 Å². The maximum absolute atomic E-state index is 13.8. The molecule has 0 bridgehead atoms. The third-order valence-corrected chi connectivity index (χ3v) is 6.27. The second-order valence-corrected chi connectivity index (χ2v) is 7.99. The normalized spacial score (nSPS) is 26.6. The first-order valence-electron chi connectivity index (χ1n) is 10.7. The highest BCUT2D eigenvalue weighted by Gasteiger charge is 2.61. The molecule has 0 radical (unpaired) electrons. The first-order chi connectivity index (χ1) is 14.5. The molecule has 3 atom stereocenters. The van der Waals surface area contributed by atoms with E-state index in [0.717, 1.165) is 18.4 Å². The van der Waals surface area contributed by atoms with Crippen LogP contribution in [0, 0.1) is 5.92 Å². The van der Waals surface area contributed by atoms with Crippen molar-refractivity contribution in [3.05, 3.63) is 35.9 Å². The van der Waals surface area contributed by atoms with Crippen molar-refractivity contribution in [3.8, 4) is 0 Å². The number of nitrogens with zero attached hydrogens (tertiary/aromatic N) is 2. The Morgan fingerprint density at radius 1 is 1.23 bits per heavy atom. The van der Waals surface area contributed by atoms with E-state index in [9.17, 15) is 19.5 Å². The third kappa shape index (κ3) is 3.88. The van der Waals surface area contributed by atoms with Crippen LogP contribution in [-0.4, -0.2) is 71.6 Å². The summed E-state index contributed by atoms with van der Waals surface area (Å²) in [7, 11) is 1.58. The Morgan fingerprint density at radius 3 is 2.60 bits per heavy atom. The zero-order chi connectivity index (χ0) is 21.7. The molecule has 1 aromatic carbocycles. The maximum atomic E-state index is 13.8. The van der Waals surface area contributed by atoms with E-state index >= 15 is 0 Å². The highest BCUT2D eigenvalue weighted by molar-refractivity contribution is 5.94. The molecule has 1 aromatic rings. The largest absolute Gasteiger partial charge is 0.395 e. The van der Waals surface area contributed by atoms with Crippen LogP contribution in [0.25, 0.3) is 0 Å². The van der Waals surface area contributed by atoms with E-state index in [0.29, 0.717) is 19.5 Å². The number of amides is 4. The summed E-state index contributed by atoms with van der Waals surface area (Å²) < 4.78 is 0. The average Bonchev–Trinajstić information content (AvgIpc) is 3.04. The van der Waals surface area contributed by atoms with Gasteiger partial charge in [-0.15, -0.1) is 0 Å². The number of nitrogens with one attached hydrogen (secondary N) is 2. The first kappa shape index (κ1) is 22.1. The van der Waals surface area contributed by atoms with Crippen LogP contribution in [0.1, 0.15) is 44.2 Å². The molecule has 2 fully saturated rings. The van der Waals surface area contributed by atoms with Gasteiger partial charge < -0.3 is 25.5 Å². The smallest absolute Gasteiger partial charge is 0.318 e. The van der Waals surface area contributed by atoms with Crippen molar-refractivity contribution < 1.29 is 19.5 Å². The third-order valence-electron chi connectivity index (χ3n) is 6.27. The summed E-state index contributed by atoms with van der Waals surface area (Å²) in [4.78, 5) is 43.3. The Morgan fingerprint density at radius 2 is 1.97 bits per heavy atom. The molecule has 2 aliphatic rings. The summed E-state index contributed by atoms with van der Waals surface area (Å²) in [6, 6.07) is 8.57. The number of urea groups is 1. The van der Waals surface area contributed by atoms with Crippen molar-refractivity contribution in [1.82, 2.24) is 20.4 Å². The van der Waals surface area contributed by atoms with Gasteiger partial charge in [-0.2, -0.15) is 0 Å². The molecule has 2 heterocycles. The molecule has 0 unspecified atom stereocenters. The zero-order valence-corrected chi connectivity index (χ0v) is 17.8. The van der Waals surface area contributed by atoms with E-state index in [-0.39, 0.29) is 37.4 Å². The van der Waals surface area contributed by atoms with Gasteiger partial charge >= 0.3 is 6.03 Å². The molecule has 0 saturated carbocycles. The predicted octanol–water partition coefficient (Wildman–Crippen LogP) is 1.27. The molecule has 2 aliphatic heterocycles. The SMILES string of the molecule is CCNC(=O)N1[C@@H](c2ccccc2)[C@@H](C(=O)NC)C[C@]12CCCCN(CCO)C2=O. The molecule has 0 aliphatic carbocycles. The fourth-order valence-electron chi connectivity index (χ4n) is 5.00. The van der Waals surface area contributed by atoms with Crippen LogP contribution in [0.4, 0.5) is 4.79 Å². The van der Waals surface area contributed by atoms with E-state index in [1.54, 1.807) is 16.8 Å². The molecular formula is C22H32N4O4. The molecule has 8 nitrogen and oxygen atoms in total. The number of β-amino-alcohol motifs (C(OH)–C–C–N with tert-alkyl or cyclic N) is 1. The summed E-state index contributed by atoms with van der Waals surface area (Å²) in [5.41, 5.74) is -0.275. The summed E-state index contributed by atoms with van der Waals surface area (Å²) in [5.74, 6) is -0.897. The van der Waals surface area contributed by atoms with Crippen molar-refractivity contribution in [2.75, 3.05) is 33.3 Å². The van der Waals surface area contributed by atoms with E-state index < -0.39 is 17.5 Å². The van der Waals surface area contributed by atoms with Gasteiger partial charge in [0.2, 0.25) is 11.8 Å². The van der Waals surface area contributed by atoms with E-state index in [2.05, 4.69) is 10.6 Å². The molecule has 2 saturated heterocycles. The lowest BCUT2D eigenvalue weighted by molar-refractivity contribution is -0.142. The summed E-state index contributed by atoms with van der Waals surface area (Å²) in [5, 5.41) is 15.1. The molecule has 4 amide bonds. The predicted molar refractivity (Wildman–Crippen MR) is 113 cm³/mol. The number of likely N-dealkylation sites (tertiary alicyclic amines) is 2. The van der Waals surface area contributed by atoms with Crippen LogP contribution in [0.2, 0.25) is 0 Å². The van der Waals surface area contributed by atoms with Crippen molar-refractivity contribution in [2.45, 2.75) is 44.2 Å². The highest BCUT2D eigenvalue weighted by Crippen LogP contribution is 2.50. The lowest BCUT2D eigenvalue weighted by atomic mass is 9.85. The van der Waals surface area contributed by atoms with Crippen LogP contribution in [-0.2, 0) is 9.59 Å². The van der Waals surface area contributed by atoms with Crippen molar-refractivity contribution in [2.24, 2.45) is 5.92 Å². The standard InChI is InChI=1S/C22H32N4O4/c1-3-24-21(30)26-18(16-9-5-4-6-10-16)17(19(28)23-2)15-22(26)11-7-8-12-25(13-14-27)20(22)29/h4-6,9-10,17-18,27H,3,7-8,11-15H2,1-2H3,(H,23,28)(H,24,30)/t17-,18-,22-/m0/s1. The van der Waals surface area contributed by atoms with Crippen LogP contribution >= 0.6 is 0 Å². The molecule has 30 heavy (non-hydrogen) atoms.